The fourth-order valence-electron chi connectivity index (χ4n) is 5.36. The number of carbonyl (C=O) groups excluding carboxylic acids is 1. The fraction of sp³-hybridized carbons (Fsp3) is 0.233. The Hall–Kier alpha value is -5.22. The molecule has 0 saturated heterocycles. The molecule has 0 saturated carbocycles. The predicted octanol–water partition coefficient (Wildman–Crippen LogP) is 2.79. The van der Waals surface area contributed by atoms with Crippen LogP contribution >= 0.6 is 0 Å². The highest BCUT2D eigenvalue weighted by Crippen LogP contribution is 2.24. The number of H-pyrrole nitrogens is 1. The Labute approximate surface area is 260 Å². The van der Waals surface area contributed by atoms with Crippen LogP contribution in [-0.4, -0.2) is 57.5 Å². The third kappa shape index (κ3) is 6.16. The van der Waals surface area contributed by atoms with Crippen LogP contribution < -0.4 is 20.8 Å². The predicted molar refractivity (Wildman–Crippen MR) is 165 cm³/mol. The first-order valence-corrected chi connectivity index (χ1v) is 15.3. The highest BCUT2D eigenvalue weighted by molar-refractivity contribution is 7.89. The van der Waals surface area contributed by atoms with E-state index >= 15 is 8.78 Å². The van der Waals surface area contributed by atoms with E-state index in [1.165, 1.54) is 7.05 Å². The van der Waals surface area contributed by atoms with Gasteiger partial charge in [-0.15, -0.1) is 0 Å². The molecular formula is C30H29F2N7O6S. The second-order valence-electron chi connectivity index (χ2n) is 10.8. The number of amides is 1. The van der Waals surface area contributed by atoms with E-state index in [1.54, 1.807) is 51.2 Å². The van der Waals surface area contributed by atoms with Crippen molar-refractivity contribution >= 4 is 49.9 Å². The minimum absolute atomic E-state index is 0.0905. The monoisotopic (exact) mass is 653 g/mol. The van der Waals surface area contributed by atoms with Gasteiger partial charge in [-0.3, -0.25) is 14.4 Å². The van der Waals surface area contributed by atoms with E-state index in [-0.39, 0.29) is 28.5 Å². The number of aromatic amines is 1. The number of sulfonamides is 1. The topological polar surface area (TPSA) is 188 Å². The van der Waals surface area contributed by atoms with Crippen molar-refractivity contribution in [3.8, 4) is 0 Å². The second-order valence-corrected chi connectivity index (χ2v) is 12.4. The number of carbonyl (C=O) groups is 2. The number of hydrogen-bond acceptors (Lipinski definition) is 8. The van der Waals surface area contributed by atoms with Gasteiger partial charge in [0.05, 0.1) is 21.3 Å². The third-order valence-electron chi connectivity index (χ3n) is 7.32. The Morgan fingerprint density at radius 1 is 1.13 bits per heavy atom. The SMILES string of the molecule is Cc1cc(C)c(S(=O)(=O)NC(CNC(=O)c2cn(C)c3c(F)c(CNc4nc5ncccc5[nH]4)c(F)cc3c2=O)C(=O)O)c(C)c1. The Morgan fingerprint density at radius 3 is 2.48 bits per heavy atom. The van der Waals surface area contributed by atoms with Gasteiger partial charge in [0.1, 0.15) is 17.4 Å². The lowest BCUT2D eigenvalue weighted by Gasteiger charge is -2.18. The highest BCUT2D eigenvalue weighted by atomic mass is 32.2. The molecule has 13 nitrogen and oxygen atoms in total. The molecule has 3 aromatic heterocycles. The number of fused-ring (bicyclic) bond motifs is 2. The Kier molecular flexibility index (Phi) is 8.60. The summed E-state index contributed by atoms with van der Waals surface area (Å²) in [6.45, 7) is 3.87. The van der Waals surface area contributed by atoms with Gasteiger partial charge in [-0.1, -0.05) is 17.7 Å². The van der Waals surface area contributed by atoms with Crippen molar-refractivity contribution in [2.75, 3.05) is 11.9 Å². The van der Waals surface area contributed by atoms with Crippen LogP contribution in [0.4, 0.5) is 14.7 Å². The molecule has 5 aromatic rings. The zero-order chi connectivity index (χ0) is 33.5. The molecule has 16 heteroatoms. The molecule has 3 heterocycles. The number of aliphatic carboxylic acids is 1. The van der Waals surface area contributed by atoms with Crippen LogP contribution in [0.3, 0.4) is 0 Å². The van der Waals surface area contributed by atoms with Gasteiger partial charge < -0.3 is 25.3 Å². The zero-order valence-electron chi connectivity index (χ0n) is 25.0. The quantitative estimate of drug-likeness (QED) is 0.151. The van der Waals surface area contributed by atoms with Gasteiger partial charge >= 0.3 is 5.97 Å². The van der Waals surface area contributed by atoms with E-state index in [1.807, 2.05) is 0 Å². The number of aromatic nitrogens is 4. The standard InChI is InChI=1S/C30H29F2N7O6S/c1-14-8-15(2)26(16(3)9-14)46(44,45)38-22(29(42)43)12-34-28(41)19-13-39(4)24-17(25(19)40)10-20(31)18(23(24)32)11-35-30-36-21-6-5-7-33-27(21)37-30/h5-10,13,22,38H,11-12H2,1-4H3,(H,34,41)(H,42,43)(H2,33,35,36,37). The molecule has 0 aliphatic heterocycles. The lowest BCUT2D eigenvalue weighted by atomic mass is 10.1. The van der Waals surface area contributed by atoms with Gasteiger partial charge in [0.25, 0.3) is 5.91 Å². The number of carboxylic acid groups (broad SMARTS) is 1. The van der Waals surface area contributed by atoms with Crippen molar-refractivity contribution in [3.05, 3.63) is 92.4 Å². The summed E-state index contributed by atoms with van der Waals surface area (Å²) in [5.74, 6) is -4.52. The van der Waals surface area contributed by atoms with Crippen molar-refractivity contribution in [2.24, 2.45) is 7.05 Å². The molecule has 0 aliphatic carbocycles. The summed E-state index contributed by atoms with van der Waals surface area (Å²) in [5, 5.41) is 14.3. The molecule has 1 unspecified atom stereocenters. The largest absolute Gasteiger partial charge is 0.480 e. The van der Waals surface area contributed by atoms with E-state index in [2.05, 4.69) is 30.3 Å². The van der Waals surface area contributed by atoms with Gasteiger partial charge in [0, 0.05) is 38.1 Å². The molecular weight excluding hydrogens is 624 g/mol. The van der Waals surface area contributed by atoms with Crippen LogP contribution in [-0.2, 0) is 28.4 Å². The Morgan fingerprint density at radius 2 is 1.83 bits per heavy atom. The van der Waals surface area contributed by atoms with E-state index in [0.29, 0.717) is 22.3 Å². The van der Waals surface area contributed by atoms with Crippen molar-refractivity contribution in [1.29, 1.82) is 0 Å². The Balaban J connectivity index is 1.37. The number of nitrogens with one attached hydrogen (secondary N) is 4. The minimum atomic E-state index is -4.33. The highest BCUT2D eigenvalue weighted by Gasteiger charge is 2.29. The maximum absolute atomic E-state index is 15.6. The number of hydrogen-bond donors (Lipinski definition) is 5. The van der Waals surface area contributed by atoms with Gasteiger partial charge in [0.15, 0.2) is 11.5 Å². The Bertz CT molecular complexity index is 2160. The lowest BCUT2D eigenvalue weighted by molar-refractivity contribution is -0.138. The van der Waals surface area contributed by atoms with Gasteiger partial charge in [0.2, 0.25) is 21.4 Å². The molecule has 1 amide bonds. The van der Waals surface area contributed by atoms with Crippen LogP contribution in [0, 0.1) is 32.4 Å². The van der Waals surface area contributed by atoms with Crippen LogP contribution in [0.25, 0.3) is 22.1 Å². The normalized spacial score (nSPS) is 12.4. The number of aryl methyl sites for hydroxylation is 4. The molecule has 240 valence electrons. The number of carboxylic acids is 1. The molecule has 0 fully saturated rings. The maximum atomic E-state index is 15.6. The summed E-state index contributed by atoms with van der Waals surface area (Å²) in [4.78, 5) is 49.3. The van der Waals surface area contributed by atoms with E-state index in [0.717, 1.165) is 22.4 Å². The minimum Gasteiger partial charge on any atom is -0.480 e. The van der Waals surface area contributed by atoms with Crippen LogP contribution in [0.5, 0.6) is 0 Å². The maximum Gasteiger partial charge on any atom is 0.323 e. The van der Waals surface area contributed by atoms with Crippen molar-refractivity contribution in [3.63, 3.8) is 0 Å². The van der Waals surface area contributed by atoms with Crippen LogP contribution in [0.15, 0.2) is 52.4 Å². The molecule has 2 aromatic carbocycles. The zero-order valence-corrected chi connectivity index (χ0v) is 25.8. The first-order chi connectivity index (χ1) is 21.7. The van der Waals surface area contributed by atoms with E-state index in [9.17, 15) is 27.9 Å². The van der Waals surface area contributed by atoms with Crippen molar-refractivity contribution in [1.82, 2.24) is 29.6 Å². The van der Waals surface area contributed by atoms with E-state index < -0.39 is 62.5 Å². The smallest absolute Gasteiger partial charge is 0.323 e. The number of pyridine rings is 2. The number of imidazole rings is 1. The van der Waals surface area contributed by atoms with Gasteiger partial charge in [-0.25, -0.2) is 22.2 Å². The molecule has 5 rings (SSSR count). The number of rotatable bonds is 10. The fourth-order valence-corrected chi connectivity index (χ4v) is 7.00. The molecule has 46 heavy (non-hydrogen) atoms. The summed E-state index contributed by atoms with van der Waals surface area (Å²) in [6, 6.07) is 5.72. The first kappa shape index (κ1) is 32.2. The number of halogens is 2. The second kappa shape index (κ2) is 12.3. The molecule has 0 radical (unpaired) electrons. The molecule has 1 atom stereocenters. The van der Waals surface area contributed by atoms with Crippen LogP contribution in [0.1, 0.15) is 32.6 Å². The summed E-state index contributed by atoms with van der Waals surface area (Å²) in [6.07, 6.45) is 2.58. The molecule has 5 N–H and O–H groups in total. The third-order valence-corrected chi connectivity index (χ3v) is 9.10. The summed E-state index contributed by atoms with van der Waals surface area (Å²) < 4.78 is 60.2. The van der Waals surface area contributed by atoms with Crippen molar-refractivity contribution < 1.29 is 31.9 Å². The average Bonchev–Trinajstić information content (AvgIpc) is 3.38. The average molecular weight is 654 g/mol. The van der Waals surface area contributed by atoms with Crippen LogP contribution in [0.2, 0.25) is 0 Å². The van der Waals surface area contributed by atoms with Gasteiger partial charge in [-0.2, -0.15) is 9.71 Å². The lowest BCUT2D eigenvalue weighted by Crippen LogP contribution is -2.49. The number of anilines is 1. The van der Waals surface area contributed by atoms with E-state index in [4.69, 9.17) is 0 Å². The van der Waals surface area contributed by atoms with Crippen molar-refractivity contribution in [2.45, 2.75) is 38.3 Å². The molecule has 0 bridgehead atoms. The summed E-state index contributed by atoms with van der Waals surface area (Å²) in [5.41, 5.74) is 0.445. The first-order valence-electron chi connectivity index (χ1n) is 13.8. The summed E-state index contributed by atoms with van der Waals surface area (Å²) in [7, 11) is -2.98. The van der Waals surface area contributed by atoms with Gasteiger partial charge in [-0.05, 0) is 50.1 Å². The number of nitrogens with zero attached hydrogens (tertiary/aromatic N) is 3. The molecule has 0 aliphatic rings. The molecule has 0 spiro atoms. The number of benzene rings is 2. The summed E-state index contributed by atoms with van der Waals surface area (Å²) >= 11 is 0.